The summed E-state index contributed by atoms with van der Waals surface area (Å²) in [7, 11) is 1.91. The second kappa shape index (κ2) is 6.26. The largest absolute Gasteiger partial charge is 0.378 e. The number of fused-ring (bicyclic) bond motifs is 1. The van der Waals surface area contributed by atoms with Crippen LogP contribution in [-0.2, 0) is 11.8 Å². The number of benzene rings is 2. The molecule has 1 aromatic heterocycles. The van der Waals surface area contributed by atoms with Gasteiger partial charge in [-0.05, 0) is 18.6 Å². The quantitative estimate of drug-likeness (QED) is 0.778. The van der Waals surface area contributed by atoms with Gasteiger partial charge in [-0.3, -0.25) is 4.79 Å². The lowest BCUT2D eigenvalue weighted by molar-refractivity contribution is -0.130. The highest BCUT2D eigenvalue weighted by molar-refractivity contribution is 5.91. The molecule has 3 aromatic rings. The van der Waals surface area contributed by atoms with Crippen molar-refractivity contribution in [2.45, 2.75) is 19.1 Å². The summed E-state index contributed by atoms with van der Waals surface area (Å²) in [6.07, 6.45) is 0.620. The van der Waals surface area contributed by atoms with Gasteiger partial charge >= 0.3 is 0 Å². The van der Waals surface area contributed by atoms with Crippen LogP contribution in [0.3, 0.4) is 0 Å². The molecule has 0 radical (unpaired) electrons. The van der Waals surface area contributed by atoms with Gasteiger partial charge in [0.15, 0.2) is 6.10 Å². The minimum atomic E-state index is -1.19. The van der Waals surface area contributed by atoms with Gasteiger partial charge in [-0.1, -0.05) is 48.5 Å². The first-order valence-electron chi connectivity index (χ1n) is 7.65. The maximum Gasteiger partial charge on any atom is 0.254 e. The first kappa shape index (κ1) is 15.3. The third-order valence-electron chi connectivity index (χ3n) is 4.13. The monoisotopic (exact) mass is 308 g/mol. The average molecular weight is 308 g/mol. The topological polar surface area (TPSA) is 54.3 Å². The molecule has 0 bridgehead atoms. The number of hydrogen-bond acceptors (Lipinski definition) is 2. The molecule has 0 saturated heterocycles. The molecular formula is C19H20N2O2. The van der Waals surface area contributed by atoms with Gasteiger partial charge in [-0.2, -0.15) is 0 Å². The minimum absolute atomic E-state index is 0.159. The van der Waals surface area contributed by atoms with E-state index >= 15 is 0 Å². The van der Waals surface area contributed by atoms with Crippen molar-refractivity contribution in [1.82, 2.24) is 9.88 Å². The third kappa shape index (κ3) is 2.98. The summed E-state index contributed by atoms with van der Waals surface area (Å²) in [4.78, 5) is 12.4. The van der Waals surface area contributed by atoms with Crippen LogP contribution < -0.4 is 5.32 Å². The molecule has 0 spiro atoms. The Morgan fingerprint density at radius 2 is 1.74 bits per heavy atom. The second-order valence-electron chi connectivity index (χ2n) is 5.76. The fraction of sp³-hybridized carbons (Fsp3) is 0.211. The first-order chi connectivity index (χ1) is 11.1. The van der Waals surface area contributed by atoms with E-state index in [1.807, 2.05) is 79.3 Å². The van der Waals surface area contributed by atoms with Gasteiger partial charge in [-0.15, -0.1) is 0 Å². The molecule has 0 saturated carbocycles. The molecule has 2 atom stereocenters. The van der Waals surface area contributed by atoms with Gasteiger partial charge in [0, 0.05) is 29.7 Å². The number of amides is 1. The van der Waals surface area contributed by atoms with Crippen LogP contribution in [0.2, 0.25) is 0 Å². The van der Waals surface area contributed by atoms with Crippen molar-refractivity contribution in [2.75, 3.05) is 0 Å². The molecule has 118 valence electrons. The summed E-state index contributed by atoms with van der Waals surface area (Å²) >= 11 is 0. The van der Waals surface area contributed by atoms with E-state index in [9.17, 15) is 9.90 Å². The van der Waals surface area contributed by atoms with Crippen molar-refractivity contribution in [3.8, 4) is 0 Å². The molecule has 0 aliphatic carbocycles. The molecule has 1 unspecified atom stereocenters. The van der Waals surface area contributed by atoms with E-state index in [1.54, 1.807) is 0 Å². The number of hydrogen-bond donors (Lipinski definition) is 2. The Bertz CT molecular complexity index is 824. The van der Waals surface area contributed by atoms with Crippen molar-refractivity contribution in [1.29, 1.82) is 0 Å². The number of aliphatic hydroxyl groups is 1. The van der Waals surface area contributed by atoms with Crippen LogP contribution in [-0.4, -0.2) is 15.6 Å². The summed E-state index contributed by atoms with van der Waals surface area (Å²) in [5.74, 6) is -0.391. The van der Waals surface area contributed by atoms with Gasteiger partial charge in [0.1, 0.15) is 0 Å². The van der Waals surface area contributed by atoms with Crippen LogP contribution in [0.5, 0.6) is 0 Å². The number of nitrogens with one attached hydrogen (secondary N) is 1. The zero-order chi connectivity index (χ0) is 16.4. The van der Waals surface area contributed by atoms with Crippen molar-refractivity contribution in [3.05, 3.63) is 71.9 Å². The molecule has 3 rings (SSSR count). The van der Waals surface area contributed by atoms with E-state index < -0.39 is 12.0 Å². The van der Waals surface area contributed by atoms with Gasteiger partial charge in [0.2, 0.25) is 0 Å². The second-order valence-corrected chi connectivity index (χ2v) is 5.76. The fourth-order valence-corrected chi connectivity index (χ4v) is 2.85. The molecule has 0 aliphatic heterocycles. The predicted molar refractivity (Wildman–Crippen MR) is 90.9 cm³/mol. The number of carbonyl (C=O) groups is 1. The summed E-state index contributed by atoms with van der Waals surface area (Å²) in [6.45, 7) is 1.91. The smallest absolute Gasteiger partial charge is 0.254 e. The Balaban J connectivity index is 1.82. The zero-order valence-corrected chi connectivity index (χ0v) is 13.2. The molecule has 0 aliphatic rings. The third-order valence-corrected chi connectivity index (χ3v) is 4.13. The van der Waals surface area contributed by atoms with Crippen LogP contribution in [0.4, 0.5) is 0 Å². The molecule has 1 heterocycles. The van der Waals surface area contributed by atoms with Gasteiger partial charge < -0.3 is 15.0 Å². The molecule has 0 fully saturated rings. The summed E-state index contributed by atoms with van der Waals surface area (Å²) < 4.78 is 1.92. The number of rotatable bonds is 4. The molecule has 23 heavy (non-hydrogen) atoms. The van der Waals surface area contributed by atoms with Crippen molar-refractivity contribution < 1.29 is 9.90 Å². The fourth-order valence-electron chi connectivity index (χ4n) is 2.85. The lowest BCUT2D eigenvalue weighted by Gasteiger charge is -2.17. The highest BCUT2D eigenvalue weighted by Crippen LogP contribution is 2.26. The number of aliphatic hydroxyl groups excluding tert-OH is 1. The Hall–Kier alpha value is -2.59. The van der Waals surface area contributed by atoms with Crippen molar-refractivity contribution >= 4 is 16.8 Å². The van der Waals surface area contributed by atoms with Gasteiger partial charge in [-0.25, -0.2) is 0 Å². The van der Waals surface area contributed by atoms with E-state index in [1.165, 1.54) is 0 Å². The maximum atomic E-state index is 12.4. The molecule has 4 nitrogen and oxygen atoms in total. The molecular weight excluding hydrogens is 288 g/mol. The number of nitrogens with zero attached hydrogens (tertiary/aromatic N) is 1. The SMILES string of the molecule is C[C@H](NC(=O)C(O)c1cn(C)c2ccccc12)c1ccccc1. The summed E-state index contributed by atoms with van der Waals surface area (Å²) in [6, 6.07) is 17.3. The summed E-state index contributed by atoms with van der Waals surface area (Å²) in [5, 5.41) is 14.2. The first-order valence-corrected chi connectivity index (χ1v) is 7.65. The van der Waals surface area contributed by atoms with Crippen molar-refractivity contribution in [3.63, 3.8) is 0 Å². The van der Waals surface area contributed by atoms with E-state index in [-0.39, 0.29) is 6.04 Å². The Morgan fingerprint density at radius 3 is 2.48 bits per heavy atom. The predicted octanol–water partition coefficient (Wildman–Crippen LogP) is 3.09. The standard InChI is InChI=1S/C19H20N2O2/c1-13(14-8-4-3-5-9-14)20-19(23)18(22)16-12-21(2)17-11-7-6-10-15(16)17/h3-13,18,22H,1-2H3,(H,20,23)/t13-,18?/m0/s1. The Morgan fingerprint density at radius 1 is 1.09 bits per heavy atom. The van der Waals surface area contributed by atoms with Crippen LogP contribution in [0, 0.1) is 0 Å². The highest BCUT2D eigenvalue weighted by atomic mass is 16.3. The highest BCUT2D eigenvalue weighted by Gasteiger charge is 2.23. The summed E-state index contributed by atoms with van der Waals surface area (Å²) in [5.41, 5.74) is 2.62. The Labute approximate surface area is 135 Å². The van der Waals surface area contributed by atoms with Crippen LogP contribution in [0.15, 0.2) is 60.8 Å². The van der Waals surface area contributed by atoms with Crippen LogP contribution >= 0.6 is 0 Å². The number of aromatic nitrogens is 1. The minimum Gasteiger partial charge on any atom is -0.378 e. The molecule has 4 heteroatoms. The number of carbonyl (C=O) groups excluding carboxylic acids is 1. The number of aryl methyl sites for hydroxylation is 1. The molecule has 2 N–H and O–H groups in total. The molecule has 2 aromatic carbocycles. The van der Waals surface area contributed by atoms with Crippen molar-refractivity contribution in [2.24, 2.45) is 7.05 Å². The van der Waals surface area contributed by atoms with Gasteiger partial charge in [0.25, 0.3) is 5.91 Å². The van der Waals surface area contributed by atoms with E-state index in [0.29, 0.717) is 5.56 Å². The maximum absolute atomic E-state index is 12.4. The normalized spacial score (nSPS) is 13.7. The van der Waals surface area contributed by atoms with E-state index in [4.69, 9.17) is 0 Å². The average Bonchev–Trinajstić information content (AvgIpc) is 2.92. The zero-order valence-electron chi connectivity index (χ0n) is 13.2. The van der Waals surface area contributed by atoms with Gasteiger partial charge in [0.05, 0.1) is 6.04 Å². The number of para-hydroxylation sites is 1. The molecule has 1 amide bonds. The lowest BCUT2D eigenvalue weighted by Crippen LogP contribution is -2.31. The van der Waals surface area contributed by atoms with Crippen LogP contribution in [0.25, 0.3) is 10.9 Å². The van der Waals surface area contributed by atoms with Crippen LogP contribution in [0.1, 0.15) is 30.2 Å². The van der Waals surface area contributed by atoms with E-state index in [2.05, 4.69) is 5.32 Å². The lowest BCUT2D eigenvalue weighted by atomic mass is 10.1. The van der Waals surface area contributed by atoms with E-state index in [0.717, 1.165) is 16.5 Å². The Kier molecular flexibility index (Phi) is 4.17.